The van der Waals surface area contributed by atoms with Crippen LogP contribution in [0.4, 0.5) is 15.8 Å². The van der Waals surface area contributed by atoms with Crippen molar-refractivity contribution >= 4 is 38.9 Å². The van der Waals surface area contributed by atoms with Crippen molar-refractivity contribution in [3.8, 4) is 5.75 Å². The molecule has 0 unspecified atom stereocenters. The van der Waals surface area contributed by atoms with E-state index in [1.54, 1.807) is 12.1 Å². The lowest BCUT2D eigenvalue weighted by Gasteiger charge is -2.12. The van der Waals surface area contributed by atoms with Crippen LogP contribution >= 0.6 is 11.6 Å². The van der Waals surface area contributed by atoms with Gasteiger partial charge in [-0.05, 0) is 66.7 Å². The van der Waals surface area contributed by atoms with E-state index in [2.05, 4.69) is 10.0 Å². The fourth-order valence-electron chi connectivity index (χ4n) is 2.46. The maximum Gasteiger partial charge on any atom is 0.263 e. The summed E-state index contributed by atoms with van der Waals surface area (Å²) in [4.78, 5) is 12.2. The van der Waals surface area contributed by atoms with Crippen molar-refractivity contribution in [2.75, 3.05) is 17.1 Å². The first-order chi connectivity index (χ1) is 13.8. The van der Waals surface area contributed by atoms with Crippen molar-refractivity contribution in [2.24, 2.45) is 0 Å². The van der Waals surface area contributed by atoms with Gasteiger partial charge < -0.3 is 10.1 Å². The third kappa shape index (κ3) is 5.04. The Hall–Kier alpha value is -3.10. The molecule has 3 rings (SSSR count). The fourth-order valence-corrected chi connectivity index (χ4v) is 4.04. The Labute approximate surface area is 172 Å². The lowest BCUT2D eigenvalue weighted by molar-refractivity contribution is 0.102. The molecule has 0 heterocycles. The minimum Gasteiger partial charge on any atom is -0.497 e. The second-order valence-corrected chi connectivity index (χ2v) is 8.00. The van der Waals surface area contributed by atoms with Gasteiger partial charge in [-0.1, -0.05) is 11.6 Å². The average molecular weight is 435 g/mol. The van der Waals surface area contributed by atoms with E-state index in [0.717, 1.165) is 0 Å². The first-order valence-corrected chi connectivity index (χ1v) is 10.2. The van der Waals surface area contributed by atoms with Gasteiger partial charge in [0.25, 0.3) is 15.9 Å². The van der Waals surface area contributed by atoms with Gasteiger partial charge in [0.2, 0.25) is 0 Å². The van der Waals surface area contributed by atoms with Gasteiger partial charge in [0.15, 0.2) is 0 Å². The Balaban J connectivity index is 1.84. The zero-order valence-corrected chi connectivity index (χ0v) is 16.7. The number of methoxy groups -OCH3 is 1. The van der Waals surface area contributed by atoms with E-state index in [9.17, 15) is 17.6 Å². The quantitative estimate of drug-likeness (QED) is 0.596. The van der Waals surface area contributed by atoms with E-state index in [-0.39, 0.29) is 15.5 Å². The van der Waals surface area contributed by atoms with E-state index >= 15 is 0 Å². The predicted molar refractivity (Wildman–Crippen MR) is 110 cm³/mol. The second-order valence-electron chi connectivity index (χ2n) is 5.94. The molecule has 29 heavy (non-hydrogen) atoms. The highest BCUT2D eigenvalue weighted by Gasteiger charge is 2.20. The van der Waals surface area contributed by atoms with E-state index in [1.165, 1.54) is 61.7 Å². The van der Waals surface area contributed by atoms with Gasteiger partial charge in [0, 0.05) is 16.9 Å². The van der Waals surface area contributed by atoms with E-state index in [4.69, 9.17) is 16.3 Å². The topological polar surface area (TPSA) is 84.5 Å². The molecule has 0 aliphatic rings. The van der Waals surface area contributed by atoms with Gasteiger partial charge in [-0.25, -0.2) is 12.8 Å². The third-order valence-corrected chi connectivity index (χ3v) is 5.79. The molecule has 3 aromatic rings. The third-order valence-electron chi connectivity index (χ3n) is 3.93. The summed E-state index contributed by atoms with van der Waals surface area (Å²) in [7, 11) is -2.55. The number of hydrogen-bond donors (Lipinski definition) is 2. The van der Waals surface area contributed by atoms with Gasteiger partial charge >= 0.3 is 0 Å². The minimum absolute atomic E-state index is 0.0376. The molecule has 0 atom stereocenters. The Morgan fingerprint density at radius 1 is 0.966 bits per heavy atom. The molecule has 9 heteroatoms. The molecule has 3 aromatic carbocycles. The largest absolute Gasteiger partial charge is 0.497 e. The van der Waals surface area contributed by atoms with Crippen LogP contribution in [0.2, 0.25) is 5.02 Å². The van der Waals surface area contributed by atoms with Crippen LogP contribution in [0.1, 0.15) is 10.4 Å². The van der Waals surface area contributed by atoms with Gasteiger partial charge in [0.1, 0.15) is 16.5 Å². The Morgan fingerprint density at radius 2 is 1.59 bits per heavy atom. The number of amides is 1. The van der Waals surface area contributed by atoms with Crippen molar-refractivity contribution in [1.82, 2.24) is 0 Å². The van der Waals surface area contributed by atoms with Crippen molar-refractivity contribution in [3.05, 3.63) is 83.1 Å². The number of nitrogens with one attached hydrogen (secondary N) is 2. The minimum atomic E-state index is -4.05. The highest BCUT2D eigenvalue weighted by atomic mass is 35.5. The van der Waals surface area contributed by atoms with Crippen LogP contribution in [-0.4, -0.2) is 21.4 Å². The van der Waals surface area contributed by atoms with Crippen LogP contribution in [0.25, 0.3) is 0 Å². The number of ether oxygens (including phenoxy) is 1. The Bertz CT molecular complexity index is 1130. The highest BCUT2D eigenvalue weighted by Crippen LogP contribution is 2.26. The van der Waals surface area contributed by atoms with E-state index < -0.39 is 21.7 Å². The molecule has 0 saturated heterocycles. The zero-order valence-electron chi connectivity index (χ0n) is 15.1. The van der Waals surface area contributed by atoms with Crippen LogP contribution in [0, 0.1) is 5.82 Å². The fraction of sp³-hybridized carbons (Fsp3) is 0.0500. The molecule has 150 valence electrons. The molecule has 1 amide bonds. The summed E-state index contributed by atoms with van der Waals surface area (Å²) in [6.07, 6.45) is 0. The number of rotatable bonds is 6. The standard InChI is InChI=1S/C20H16ClFN2O4S/c1-28-17-9-7-16(8-10-17)24-29(26,27)19-12-13(2-11-18(19)21)20(25)23-15-5-3-14(22)4-6-15/h2-12,24H,1H3,(H,23,25). The van der Waals surface area contributed by atoms with E-state index in [0.29, 0.717) is 17.1 Å². The number of halogens is 2. The molecule has 0 aromatic heterocycles. The lowest BCUT2D eigenvalue weighted by Crippen LogP contribution is -2.16. The highest BCUT2D eigenvalue weighted by molar-refractivity contribution is 7.92. The molecule has 0 spiro atoms. The van der Waals surface area contributed by atoms with Gasteiger partial charge in [0.05, 0.1) is 12.1 Å². The number of hydrogen-bond acceptors (Lipinski definition) is 4. The summed E-state index contributed by atoms with van der Waals surface area (Å²) in [6, 6.07) is 15.4. The van der Waals surface area contributed by atoms with Crippen molar-refractivity contribution in [3.63, 3.8) is 0 Å². The van der Waals surface area contributed by atoms with Gasteiger partial charge in [-0.2, -0.15) is 0 Å². The SMILES string of the molecule is COc1ccc(NS(=O)(=O)c2cc(C(=O)Nc3ccc(F)cc3)ccc2Cl)cc1. The maximum atomic E-state index is 13.0. The molecule has 0 fully saturated rings. The van der Waals surface area contributed by atoms with Crippen LogP contribution in [-0.2, 0) is 10.0 Å². The van der Waals surface area contributed by atoms with Gasteiger partial charge in [-0.3, -0.25) is 9.52 Å². The molecule has 0 aliphatic heterocycles. The first-order valence-electron chi connectivity index (χ1n) is 8.32. The summed E-state index contributed by atoms with van der Waals surface area (Å²) < 4.78 is 45.9. The molecule has 0 radical (unpaired) electrons. The van der Waals surface area contributed by atoms with Crippen molar-refractivity contribution in [1.29, 1.82) is 0 Å². The average Bonchev–Trinajstić information content (AvgIpc) is 2.70. The number of sulfonamides is 1. The van der Waals surface area contributed by atoms with Crippen LogP contribution < -0.4 is 14.8 Å². The second kappa shape index (κ2) is 8.50. The number of carbonyl (C=O) groups is 1. The lowest BCUT2D eigenvalue weighted by atomic mass is 10.2. The number of benzene rings is 3. The Kier molecular flexibility index (Phi) is 6.05. The molecular weight excluding hydrogens is 419 g/mol. The summed E-state index contributed by atoms with van der Waals surface area (Å²) in [5, 5.41) is 2.53. The van der Waals surface area contributed by atoms with E-state index in [1.807, 2.05) is 0 Å². The molecule has 0 saturated carbocycles. The molecular formula is C20H16ClFN2O4S. The predicted octanol–water partition coefficient (Wildman–Crippen LogP) is 4.54. The maximum absolute atomic E-state index is 13.0. The Morgan fingerprint density at radius 3 is 2.21 bits per heavy atom. The molecule has 6 nitrogen and oxygen atoms in total. The summed E-state index contributed by atoms with van der Waals surface area (Å²) in [6.45, 7) is 0. The van der Waals surface area contributed by atoms with Crippen LogP contribution in [0.15, 0.2) is 71.6 Å². The number of carbonyl (C=O) groups excluding carboxylic acids is 1. The van der Waals surface area contributed by atoms with Crippen LogP contribution in [0.5, 0.6) is 5.75 Å². The first kappa shape index (κ1) is 20.6. The van der Waals surface area contributed by atoms with Crippen LogP contribution in [0.3, 0.4) is 0 Å². The summed E-state index contributed by atoms with van der Waals surface area (Å²) >= 11 is 6.06. The molecule has 2 N–H and O–H groups in total. The van der Waals surface area contributed by atoms with Gasteiger partial charge in [-0.15, -0.1) is 0 Å². The normalized spacial score (nSPS) is 11.0. The summed E-state index contributed by atoms with van der Waals surface area (Å²) in [5.74, 6) is -0.424. The number of anilines is 2. The molecule has 0 aliphatic carbocycles. The molecule has 0 bridgehead atoms. The smallest absolute Gasteiger partial charge is 0.263 e. The monoisotopic (exact) mass is 434 g/mol. The van der Waals surface area contributed by atoms with Crippen molar-refractivity contribution in [2.45, 2.75) is 4.90 Å². The van der Waals surface area contributed by atoms with Crippen molar-refractivity contribution < 1.29 is 22.3 Å². The summed E-state index contributed by atoms with van der Waals surface area (Å²) in [5.41, 5.74) is 0.754. The zero-order chi connectivity index (χ0) is 21.0.